The van der Waals surface area contributed by atoms with Crippen molar-refractivity contribution in [1.82, 2.24) is 5.32 Å². The van der Waals surface area contributed by atoms with Crippen LogP contribution in [0.5, 0.6) is 0 Å². The smallest absolute Gasteiger partial charge is 0.0636 e. The Morgan fingerprint density at radius 1 is 1.33 bits per heavy atom. The van der Waals surface area contributed by atoms with Crippen molar-refractivity contribution in [3.8, 4) is 0 Å². The van der Waals surface area contributed by atoms with Crippen LogP contribution in [0.25, 0.3) is 0 Å². The zero-order valence-corrected chi connectivity index (χ0v) is 10.1. The van der Waals surface area contributed by atoms with Crippen molar-refractivity contribution >= 4 is 11.8 Å². The summed E-state index contributed by atoms with van der Waals surface area (Å²) in [6.45, 7) is 2.44. The Bertz CT molecular complexity index is 264. The Morgan fingerprint density at radius 3 is 2.53 bits per heavy atom. The predicted octanol–water partition coefficient (Wildman–Crippen LogP) is 2.06. The van der Waals surface area contributed by atoms with Crippen LogP contribution in [0.1, 0.15) is 18.5 Å². The Hall–Kier alpha value is -0.510. The fourth-order valence-electron chi connectivity index (χ4n) is 1.44. The lowest BCUT2D eigenvalue weighted by molar-refractivity contribution is 0.187. The molecule has 0 aromatic heterocycles. The van der Waals surface area contributed by atoms with Gasteiger partial charge in [-0.3, -0.25) is 0 Å². The fraction of sp³-hybridized carbons (Fsp3) is 0.500. The molecular weight excluding hydrogens is 206 g/mol. The Kier molecular flexibility index (Phi) is 5.76. The molecule has 0 spiro atoms. The summed E-state index contributed by atoms with van der Waals surface area (Å²) in [5.74, 6) is 1.02. The molecule has 1 aromatic rings. The largest absolute Gasteiger partial charge is 0.392 e. The maximum absolute atomic E-state index is 9.25. The van der Waals surface area contributed by atoms with Gasteiger partial charge in [0.2, 0.25) is 0 Å². The van der Waals surface area contributed by atoms with Crippen LogP contribution in [0, 0.1) is 0 Å². The van der Waals surface area contributed by atoms with E-state index in [2.05, 4.69) is 23.7 Å². The summed E-state index contributed by atoms with van der Waals surface area (Å²) in [5.41, 5.74) is 1.28. The van der Waals surface area contributed by atoms with E-state index in [-0.39, 0.29) is 6.10 Å². The molecule has 15 heavy (non-hydrogen) atoms. The highest BCUT2D eigenvalue weighted by Crippen LogP contribution is 2.16. The minimum Gasteiger partial charge on any atom is -0.392 e. The van der Waals surface area contributed by atoms with E-state index < -0.39 is 0 Å². The zero-order valence-electron chi connectivity index (χ0n) is 9.31. The second-order valence-corrected chi connectivity index (χ2v) is 4.59. The van der Waals surface area contributed by atoms with E-state index in [0.29, 0.717) is 12.6 Å². The Labute approximate surface area is 96.1 Å². The average molecular weight is 225 g/mol. The summed E-state index contributed by atoms with van der Waals surface area (Å²) in [5, 5.41) is 12.6. The minimum absolute atomic E-state index is 0.293. The van der Waals surface area contributed by atoms with Crippen LogP contribution in [0.15, 0.2) is 30.3 Å². The lowest BCUT2D eigenvalue weighted by Crippen LogP contribution is -2.30. The van der Waals surface area contributed by atoms with E-state index in [0.717, 1.165) is 5.75 Å². The van der Waals surface area contributed by atoms with Crippen LogP contribution < -0.4 is 5.32 Å². The van der Waals surface area contributed by atoms with Crippen molar-refractivity contribution in [3.63, 3.8) is 0 Å². The van der Waals surface area contributed by atoms with Crippen LogP contribution in [0.4, 0.5) is 0 Å². The second-order valence-electron chi connectivity index (χ2n) is 3.68. The Morgan fingerprint density at radius 2 is 2.00 bits per heavy atom. The molecule has 2 nitrogen and oxygen atoms in total. The molecule has 0 aliphatic carbocycles. The first-order chi connectivity index (χ1) is 7.24. The number of aliphatic hydroxyl groups excluding tert-OH is 1. The van der Waals surface area contributed by atoms with Gasteiger partial charge in [0, 0.05) is 18.3 Å². The van der Waals surface area contributed by atoms with Crippen LogP contribution in [-0.2, 0) is 0 Å². The third kappa shape index (κ3) is 4.69. The van der Waals surface area contributed by atoms with Crippen molar-refractivity contribution < 1.29 is 5.11 Å². The third-order valence-electron chi connectivity index (χ3n) is 2.19. The average Bonchev–Trinajstić information content (AvgIpc) is 2.25. The molecule has 0 fully saturated rings. The third-order valence-corrected chi connectivity index (χ3v) is 2.86. The van der Waals surface area contributed by atoms with E-state index in [4.69, 9.17) is 0 Å². The van der Waals surface area contributed by atoms with Crippen LogP contribution in [0.2, 0.25) is 0 Å². The van der Waals surface area contributed by atoms with E-state index in [1.54, 1.807) is 6.92 Å². The van der Waals surface area contributed by atoms with Crippen molar-refractivity contribution in [2.45, 2.75) is 19.1 Å². The van der Waals surface area contributed by atoms with E-state index in [1.165, 1.54) is 5.56 Å². The lowest BCUT2D eigenvalue weighted by Gasteiger charge is -2.19. The molecule has 0 saturated carbocycles. The highest BCUT2D eigenvalue weighted by molar-refractivity contribution is 7.98. The summed E-state index contributed by atoms with van der Waals surface area (Å²) < 4.78 is 0. The standard InChI is InChI=1S/C12H19NOS/c1-10(14)8-13-12(9-15-2)11-6-4-3-5-7-11/h3-7,10,12-14H,8-9H2,1-2H3/t10-,12?/m1/s1. The molecule has 2 atom stereocenters. The molecule has 84 valence electrons. The van der Waals surface area contributed by atoms with Gasteiger partial charge in [-0.1, -0.05) is 30.3 Å². The number of nitrogens with one attached hydrogen (secondary N) is 1. The minimum atomic E-state index is -0.293. The summed E-state index contributed by atoms with van der Waals surface area (Å²) in [6.07, 6.45) is 1.80. The number of hydrogen-bond donors (Lipinski definition) is 2. The van der Waals surface area contributed by atoms with Crippen molar-refractivity contribution in [1.29, 1.82) is 0 Å². The molecule has 1 unspecified atom stereocenters. The first kappa shape index (κ1) is 12.6. The first-order valence-corrected chi connectivity index (χ1v) is 6.58. The predicted molar refractivity (Wildman–Crippen MR) is 67.2 cm³/mol. The van der Waals surface area contributed by atoms with Gasteiger partial charge in [-0.05, 0) is 18.7 Å². The molecule has 0 heterocycles. The number of rotatable bonds is 6. The molecule has 1 aromatic carbocycles. The van der Waals surface area contributed by atoms with Crippen LogP contribution >= 0.6 is 11.8 Å². The fourth-order valence-corrected chi connectivity index (χ4v) is 2.08. The number of benzene rings is 1. The van der Waals surface area contributed by atoms with Crippen LogP contribution in [-0.4, -0.2) is 29.8 Å². The number of aliphatic hydroxyl groups is 1. The molecule has 0 saturated heterocycles. The summed E-state index contributed by atoms with van der Waals surface area (Å²) in [6, 6.07) is 10.7. The van der Waals surface area contributed by atoms with Gasteiger partial charge in [-0.2, -0.15) is 11.8 Å². The topological polar surface area (TPSA) is 32.3 Å². The highest BCUT2D eigenvalue weighted by Gasteiger charge is 2.10. The zero-order chi connectivity index (χ0) is 11.1. The quantitative estimate of drug-likeness (QED) is 0.777. The van der Waals surface area contributed by atoms with Crippen molar-refractivity contribution in [2.75, 3.05) is 18.6 Å². The Balaban J connectivity index is 2.57. The van der Waals surface area contributed by atoms with Crippen LogP contribution in [0.3, 0.4) is 0 Å². The van der Waals surface area contributed by atoms with E-state index in [1.807, 2.05) is 30.0 Å². The molecular formula is C12H19NOS. The molecule has 2 N–H and O–H groups in total. The van der Waals surface area contributed by atoms with Gasteiger partial charge in [0.1, 0.15) is 0 Å². The number of hydrogen-bond acceptors (Lipinski definition) is 3. The van der Waals surface area contributed by atoms with Gasteiger partial charge in [-0.25, -0.2) is 0 Å². The van der Waals surface area contributed by atoms with Crippen molar-refractivity contribution in [3.05, 3.63) is 35.9 Å². The summed E-state index contributed by atoms with van der Waals surface area (Å²) in [4.78, 5) is 0. The molecule has 1 rings (SSSR count). The molecule has 0 aliphatic heterocycles. The molecule has 0 bridgehead atoms. The molecule has 3 heteroatoms. The van der Waals surface area contributed by atoms with Gasteiger partial charge >= 0.3 is 0 Å². The van der Waals surface area contributed by atoms with E-state index >= 15 is 0 Å². The van der Waals surface area contributed by atoms with E-state index in [9.17, 15) is 5.11 Å². The highest BCUT2D eigenvalue weighted by atomic mass is 32.2. The maximum Gasteiger partial charge on any atom is 0.0636 e. The molecule has 0 aliphatic rings. The molecule has 0 radical (unpaired) electrons. The second kappa shape index (κ2) is 6.88. The van der Waals surface area contributed by atoms with Crippen molar-refractivity contribution in [2.24, 2.45) is 0 Å². The van der Waals surface area contributed by atoms with Gasteiger partial charge in [0.05, 0.1) is 6.10 Å². The maximum atomic E-state index is 9.25. The number of thioether (sulfide) groups is 1. The summed E-state index contributed by atoms with van der Waals surface area (Å²) in [7, 11) is 0. The van der Waals surface area contributed by atoms with Gasteiger partial charge in [-0.15, -0.1) is 0 Å². The summed E-state index contributed by atoms with van der Waals surface area (Å²) >= 11 is 1.81. The van der Waals surface area contributed by atoms with Gasteiger partial charge in [0.25, 0.3) is 0 Å². The normalized spacial score (nSPS) is 14.9. The molecule has 0 amide bonds. The lowest BCUT2D eigenvalue weighted by atomic mass is 10.1. The van der Waals surface area contributed by atoms with Gasteiger partial charge < -0.3 is 10.4 Å². The van der Waals surface area contributed by atoms with Gasteiger partial charge in [0.15, 0.2) is 0 Å². The monoisotopic (exact) mass is 225 g/mol. The first-order valence-electron chi connectivity index (χ1n) is 5.19. The SMILES string of the molecule is CSCC(NC[C@@H](C)O)c1ccccc1.